The van der Waals surface area contributed by atoms with Crippen LogP contribution in [0.2, 0.25) is 0 Å². The van der Waals surface area contributed by atoms with Crippen molar-refractivity contribution in [3.8, 4) is 0 Å². The van der Waals surface area contributed by atoms with Gasteiger partial charge in [0.1, 0.15) is 0 Å². The number of halogens is 1. The molecule has 0 heterocycles. The molecule has 0 aliphatic heterocycles. The molecule has 6 heteroatoms. The summed E-state index contributed by atoms with van der Waals surface area (Å²) in [5, 5.41) is -0.515. The summed E-state index contributed by atoms with van der Waals surface area (Å²) in [5.74, 6) is 0.934. The fourth-order valence-corrected chi connectivity index (χ4v) is 3.54. The van der Waals surface area contributed by atoms with Crippen LogP contribution in [0.25, 0.3) is 0 Å². The Morgan fingerprint density at radius 1 is 1.43 bits per heavy atom. The van der Waals surface area contributed by atoms with Crippen LogP contribution in [-0.2, 0) is 10.0 Å². The Labute approximate surface area is 96.2 Å². The molecule has 14 heavy (non-hydrogen) atoms. The molecule has 0 aromatic heterocycles. The number of alkyl halides is 1. The van der Waals surface area contributed by atoms with Gasteiger partial charge in [0.05, 0.1) is 5.25 Å². The van der Waals surface area contributed by atoms with E-state index in [-0.39, 0.29) is 11.9 Å². The van der Waals surface area contributed by atoms with Crippen molar-refractivity contribution < 1.29 is 8.42 Å². The Bertz CT molecular complexity index is 256. The van der Waals surface area contributed by atoms with Gasteiger partial charge in [-0.15, -0.1) is 11.6 Å². The Morgan fingerprint density at radius 3 is 2.29 bits per heavy atom. The average molecular weight is 260 g/mol. The highest BCUT2D eigenvalue weighted by Crippen LogP contribution is 2.14. The molecule has 0 aliphatic rings. The van der Waals surface area contributed by atoms with Crippen LogP contribution in [0, 0.1) is 0 Å². The molecule has 3 nitrogen and oxygen atoms in total. The minimum atomic E-state index is -3.22. The third-order valence-electron chi connectivity index (χ3n) is 2.16. The molecular weight excluding hydrogens is 242 g/mol. The molecule has 0 bridgehead atoms. The Kier molecular flexibility index (Phi) is 6.45. The molecule has 0 fully saturated rings. The summed E-state index contributed by atoms with van der Waals surface area (Å²) in [6, 6.07) is 0.0145. The van der Waals surface area contributed by atoms with Crippen LogP contribution < -0.4 is 0 Å². The van der Waals surface area contributed by atoms with E-state index in [0.717, 1.165) is 5.75 Å². The predicted molar refractivity (Wildman–Crippen MR) is 64.7 cm³/mol. The molecular formula is C8H18ClNO2S2. The van der Waals surface area contributed by atoms with Crippen LogP contribution in [0.15, 0.2) is 0 Å². The average Bonchev–Trinajstić information content (AvgIpc) is 2.15. The molecule has 0 aliphatic carbocycles. The minimum Gasteiger partial charge on any atom is -0.212 e. The monoisotopic (exact) mass is 259 g/mol. The van der Waals surface area contributed by atoms with Crippen LogP contribution in [0.1, 0.15) is 13.8 Å². The van der Waals surface area contributed by atoms with Gasteiger partial charge in [-0.2, -0.15) is 11.8 Å². The summed E-state index contributed by atoms with van der Waals surface area (Å²) < 4.78 is 25.0. The lowest BCUT2D eigenvalue weighted by Crippen LogP contribution is -2.42. The van der Waals surface area contributed by atoms with Crippen molar-refractivity contribution >= 4 is 33.4 Å². The molecule has 0 rings (SSSR count). The predicted octanol–water partition coefficient (Wildman–Crippen LogP) is 1.63. The van der Waals surface area contributed by atoms with E-state index in [1.54, 1.807) is 25.7 Å². The minimum absolute atomic E-state index is 0.0145. The number of nitrogens with zero attached hydrogens (tertiary/aromatic N) is 1. The second kappa shape index (κ2) is 6.20. The first-order valence-corrected chi connectivity index (χ1v) is 7.82. The summed E-state index contributed by atoms with van der Waals surface area (Å²) in [4.78, 5) is 0. The van der Waals surface area contributed by atoms with Gasteiger partial charge >= 0.3 is 0 Å². The number of thioether (sulfide) groups is 1. The number of hydrogen-bond donors (Lipinski definition) is 0. The highest BCUT2D eigenvalue weighted by molar-refractivity contribution is 7.98. The SMILES string of the molecule is CSCC(C)N(C)S(=O)(=O)C(C)CCl. The van der Waals surface area contributed by atoms with Gasteiger partial charge < -0.3 is 0 Å². The van der Waals surface area contributed by atoms with E-state index in [9.17, 15) is 8.42 Å². The summed E-state index contributed by atoms with van der Waals surface area (Å²) in [7, 11) is -1.61. The number of hydrogen-bond acceptors (Lipinski definition) is 3. The van der Waals surface area contributed by atoms with Gasteiger partial charge in [0.2, 0.25) is 10.0 Å². The van der Waals surface area contributed by atoms with Crippen LogP contribution in [0.4, 0.5) is 0 Å². The molecule has 2 atom stereocenters. The second-order valence-corrected chi connectivity index (χ2v) is 6.96. The first-order chi connectivity index (χ1) is 6.37. The lowest BCUT2D eigenvalue weighted by atomic mass is 10.4. The van der Waals surface area contributed by atoms with Crippen molar-refractivity contribution in [2.45, 2.75) is 25.1 Å². The first kappa shape index (κ1) is 14.6. The van der Waals surface area contributed by atoms with Crippen molar-refractivity contribution in [2.24, 2.45) is 0 Å². The Balaban J connectivity index is 4.58. The van der Waals surface area contributed by atoms with Crippen molar-refractivity contribution in [3.63, 3.8) is 0 Å². The smallest absolute Gasteiger partial charge is 0.212 e. The van der Waals surface area contributed by atoms with E-state index < -0.39 is 15.3 Å². The fourth-order valence-electron chi connectivity index (χ4n) is 0.960. The Hall–Kier alpha value is 0.550. The molecule has 0 spiro atoms. The summed E-state index contributed by atoms with van der Waals surface area (Å²) >= 11 is 7.19. The Morgan fingerprint density at radius 2 is 1.93 bits per heavy atom. The van der Waals surface area contributed by atoms with E-state index in [2.05, 4.69) is 0 Å². The maximum atomic E-state index is 11.8. The van der Waals surface area contributed by atoms with Crippen LogP contribution in [0.5, 0.6) is 0 Å². The number of sulfonamides is 1. The van der Waals surface area contributed by atoms with Gasteiger partial charge in [0, 0.05) is 24.7 Å². The highest BCUT2D eigenvalue weighted by Gasteiger charge is 2.28. The number of rotatable bonds is 6. The van der Waals surface area contributed by atoms with E-state index in [4.69, 9.17) is 11.6 Å². The van der Waals surface area contributed by atoms with Crippen molar-refractivity contribution in [1.82, 2.24) is 4.31 Å². The van der Waals surface area contributed by atoms with E-state index in [1.165, 1.54) is 4.31 Å². The normalized spacial score (nSPS) is 17.0. The molecule has 0 aromatic rings. The molecule has 0 N–H and O–H groups in total. The molecule has 2 unspecified atom stereocenters. The topological polar surface area (TPSA) is 37.4 Å². The summed E-state index contributed by atoms with van der Waals surface area (Å²) in [6.07, 6.45) is 1.96. The lowest BCUT2D eigenvalue weighted by Gasteiger charge is -2.26. The molecule has 0 saturated carbocycles. The van der Waals surface area contributed by atoms with Gasteiger partial charge in [-0.25, -0.2) is 12.7 Å². The quantitative estimate of drug-likeness (QED) is 0.681. The summed E-state index contributed by atoms with van der Waals surface area (Å²) in [6.45, 7) is 3.53. The molecule has 0 radical (unpaired) electrons. The van der Waals surface area contributed by atoms with E-state index in [1.807, 2.05) is 13.2 Å². The lowest BCUT2D eigenvalue weighted by molar-refractivity contribution is 0.410. The van der Waals surface area contributed by atoms with Gasteiger partial charge in [-0.3, -0.25) is 0 Å². The second-order valence-electron chi connectivity index (χ2n) is 3.33. The summed E-state index contributed by atoms with van der Waals surface area (Å²) in [5.41, 5.74) is 0. The van der Waals surface area contributed by atoms with Gasteiger partial charge in [-0.05, 0) is 20.1 Å². The van der Waals surface area contributed by atoms with Gasteiger partial charge in [-0.1, -0.05) is 0 Å². The zero-order valence-electron chi connectivity index (χ0n) is 9.03. The standard InChI is InChI=1S/C8H18ClNO2S2/c1-7(6-13-4)10(3)14(11,12)8(2)5-9/h7-8H,5-6H2,1-4H3. The van der Waals surface area contributed by atoms with Crippen LogP contribution in [-0.4, -0.2) is 49.0 Å². The molecule has 86 valence electrons. The highest BCUT2D eigenvalue weighted by atomic mass is 35.5. The third kappa shape index (κ3) is 3.61. The third-order valence-corrected chi connectivity index (χ3v) is 5.96. The van der Waals surface area contributed by atoms with Crippen molar-refractivity contribution in [1.29, 1.82) is 0 Å². The maximum Gasteiger partial charge on any atom is 0.217 e. The maximum absolute atomic E-state index is 11.8. The van der Waals surface area contributed by atoms with Crippen molar-refractivity contribution in [2.75, 3.05) is 24.9 Å². The molecule has 0 aromatic carbocycles. The zero-order chi connectivity index (χ0) is 11.4. The molecule has 0 amide bonds. The van der Waals surface area contributed by atoms with Gasteiger partial charge in [0.15, 0.2) is 0 Å². The zero-order valence-corrected chi connectivity index (χ0v) is 11.4. The largest absolute Gasteiger partial charge is 0.217 e. The van der Waals surface area contributed by atoms with E-state index in [0.29, 0.717) is 0 Å². The van der Waals surface area contributed by atoms with Crippen LogP contribution in [0.3, 0.4) is 0 Å². The van der Waals surface area contributed by atoms with Crippen molar-refractivity contribution in [3.05, 3.63) is 0 Å². The fraction of sp³-hybridized carbons (Fsp3) is 1.00. The van der Waals surface area contributed by atoms with Gasteiger partial charge in [0.25, 0.3) is 0 Å². The molecule has 0 saturated heterocycles. The van der Waals surface area contributed by atoms with Crippen LogP contribution >= 0.6 is 23.4 Å². The first-order valence-electron chi connectivity index (χ1n) is 4.39. The van der Waals surface area contributed by atoms with E-state index >= 15 is 0 Å².